The van der Waals surface area contributed by atoms with Crippen LogP contribution in [0.15, 0.2) is 54.9 Å². The van der Waals surface area contributed by atoms with Gasteiger partial charge in [-0.2, -0.15) is 9.97 Å². The molecule has 1 aliphatic carbocycles. The van der Waals surface area contributed by atoms with Gasteiger partial charge in [0.15, 0.2) is 0 Å². The average molecular weight is 453 g/mol. The molecule has 1 saturated carbocycles. The highest BCUT2D eigenvalue weighted by Crippen LogP contribution is 2.28. The number of halogens is 1. The van der Waals surface area contributed by atoms with Crippen LogP contribution in [0.25, 0.3) is 5.82 Å². The molecule has 3 aromatic rings. The Morgan fingerprint density at radius 3 is 2.62 bits per heavy atom. The summed E-state index contributed by atoms with van der Waals surface area (Å²) >= 11 is 6.10. The number of nitrogens with one attached hydrogen (secondary N) is 2. The summed E-state index contributed by atoms with van der Waals surface area (Å²) in [7, 11) is 0. The van der Waals surface area contributed by atoms with Gasteiger partial charge in [-0.25, -0.2) is 0 Å². The zero-order chi connectivity index (χ0) is 22.3. The van der Waals surface area contributed by atoms with Crippen molar-refractivity contribution in [2.75, 3.05) is 10.6 Å². The highest BCUT2D eigenvalue weighted by Gasteiger charge is 2.23. The summed E-state index contributed by atoms with van der Waals surface area (Å²) in [5.74, 6) is 1.88. The number of anilines is 2. The van der Waals surface area contributed by atoms with Crippen molar-refractivity contribution < 1.29 is 4.79 Å². The van der Waals surface area contributed by atoms with Crippen LogP contribution < -0.4 is 16.4 Å². The number of hydrogen-bond acceptors (Lipinski definition) is 5. The number of benzene rings is 1. The Bertz CT molecular complexity index is 1030. The van der Waals surface area contributed by atoms with E-state index in [0.29, 0.717) is 35.1 Å². The largest absolute Gasteiger partial charge is 0.368 e. The maximum atomic E-state index is 12.2. The van der Waals surface area contributed by atoms with Crippen LogP contribution in [0, 0.1) is 5.92 Å². The number of nitrogens with two attached hydrogens (primary N) is 1. The summed E-state index contributed by atoms with van der Waals surface area (Å²) < 4.78 is 1.90. The first-order valence-electron chi connectivity index (χ1n) is 11.1. The first-order chi connectivity index (χ1) is 15.6. The molecule has 0 saturated heterocycles. The minimum atomic E-state index is -0.466. The lowest BCUT2D eigenvalue weighted by atomic mass is 9.84. The third kappa shape index (κ3) is 6.01. The third-order valence-corrected chi connectivity index (χ3v) is 6.12. The maximum absolute atomic E-state index is 12.2. The summed E-state index contributed by atoms with van der Waals surface area (Å²) in [6.07, 6.45) is 10.6. The van der Waals surface area contributed by atoms with Gasteiger partial charge in [0.05, 0.1) is 0 Å². The van der Waals surface area contributed by atoms with Gasteiger partial charge in [-0.3, -0.25) is 4.79 Å². The fraction of sp³-hybridized carbons (Fsp3) is 0.375. The van der Waals surface area contributed by atoms with Gasteiger partial charge in [0, 0.05) is 30.0 Å². The molecule has 32 heavy (non-hydrogen) atoms. The zero-order valence-corrected chi connectivity index (χ0v) is 18.8. The van der Waals surface area contributed by atoms with E-state index < -0.39 is 6.04 Å². The number of rotatable bonds is 9. The molecule has 1 aliphatic rings. The van der Waals surface area contributed by atoms with Crippen LogP contribution in [-0.2, 0) is 11.3 Å². The van der Waals surface area contributed by atoms with Gasteiger partial charge in [0.1, 0.15) is 17.7 Å². The molecule has 0 aliphatic heterocycles. The second-order valence-corrected chi connectivity index (χ2v) is 8.78. The molecule has 1 amide bonds. The predicted octanol–water partition coefficient (Wildman–Crippen LogP) is 4.77. The minimum absolute atomic E-state index is 0.356. The number of hydrogen-bond donors (Lipinski definition) is 3. The summed E-state index contributed by atoms with van der Waals surface area (Å²) in [6, 6.07) is 12.9. The highest BCUT2D eigenvalue weighted by atomic mass is 35.5. The molecule has 8 heteroatoms. The monoisotopic (exact) mass is 452 g/mol. The number of carbonyl (C=O) groups excluding carboxylic acids is 1. The lowest BCUT2D eigenvalue weighted by molar-refractivity contribution is -0.119. The van der Waals surface area contributed by atoms with E-state index in [2.05, 4.69) is 20.6 Å². The average Bonchev–Trinajstić information content (AvgIpc) is 3.33. The van der Waals surface area contributed by atoms with Crippen LogP contribution in [0.1, 0.15) is 44.1 Å². The molecule has 4 rings (SSSR count). The van der Waals surface area contributed by atoms with Crippen molar-refractivity contribution in [2.24, 2.45) is 11.7 Å². The molecule has 0 radical (unpaired) electrons. The fourth-order valence-electron chi connectivity index (χ4n) is 4.22. The molecule has 0 unspecified atom stereocenters. The fourth-order valence-corrected chi connectivity index (χ4v) is 4.43. The summed E-state index contributed by atoms with van der Waals surface area (Å²) in [6.45, 7) is 0.524. The van der Waals surface area contributed by atoms with Crippen LogP contribution in [-0.4, -0.2) is 26.5 Å². The Morgan fingerprint density at radius 1 is 1.12 bits per heavy atom. The van der Waals surface area contributed by atoms with Gasteiger partial charge in [-0.05, 0) is 42.2 Å². The summed E-state index contributed by atoms with van der Waals surface area (Å²) in [4.78, 5) is 21.4. The van der Waals surface area contributed by atoms with Crippen molar-refractivity contribution in [3.8, 4) is 5.82 Å². The SMILES string of the molecule is NC(=O)[C@@H](CC1CCCCC1)Nc1cc(-n2cccc2)nc(NCc2cccc(Cl)c2)n1. The van der Waals surface area contributed by atoms with E-state index in [4.69, 9.17) is 17.3 Å². The molecule has 1 fully saturated rings. The third-order valence-electron chi connectivity index (χ3n) is 5.88. The van der Waals surface area contributed by atoms with Crippen LogP contribution in [0.3, 0.4) is 0 Å². The Labute approximate surface area is 193 Å². The van der Waals surface area contributed by atoms with Gasteiger partial charge >= 0.3 is 0 Å². The Morgan fingerprint density at radius 2 is 1.91 bits per heavy atom. The number of amides is 1. The van der Waals surface area contributed by atoms with Crippen LogP contribution in [0.4, 0.5) is 11.8 Å². The lowest BCUT2D eigenvalue weighted by Gasteiger charge is -2.26. The normalized spacial score (nSPS) is 15.3. The van der Waals surface area contributed by atoms with Crippen molar-refractivity contribution >= 4 is 29.3 Å². The van der Waals surface area contributed by atoms with E-state index >= 15 is 0 Å². The molecule has 2 heterocycles. The first kappa shape index (κ1) is 22.1. The van der Waals surface area contributed by atoms with Gasteiger partial charge in [0.2, 0.25) is 11.9 Å². The standard InChI is InChI=1S/C24H29ClN6O/c25-19-10-6-9-18(13-19)16-27-24-29-21(15-22(30-24)31-11-4-5-12-31)28-20(23(26)32)14-17-7-2-1-3-8-17/h4-6,9-13,15,17,20H,1-3,7-8,14,16H2,(H2,26,32)(H2,27,28,29,30)/t20-/m1/s1. The van der Waals surface area contributed by atoms with Gasteiger partial charge in [-0.1, -0.05) is 55.8 Å². The van der Waals surface area contributed by atoms with Gasteiger partial charge in [0.25, 0.3) is 0 Å². The molecule has 7 nitrogen and oxygen atoms in total. The number of primary amides is 1. The first-order valence-corrected chi connectivity index (χ1v) is 11.5. The Kier molecular flexibility index (Phi) is 7.27. The lowest BCUT2D eigenvalue weighted by Crippen LogP contribution is -2.37. The predicted molar refractivity (Wildman–Crippen MR) is 128 cm³/mol. The molecular formula is C24H29ClN6O. The molecule has 0 spiro atoms. The van der Waals surface area contributed by atoms with E-state index in [-0.39, 0.29) is 5.91 Å². The van der Waals surface area contributed by atoms with Crippen molar-refractivity contribution in [3.05, 3.63) is 65.4 Å². The Balaban J connectivity index is 1.54. The molecule has 2 aromatic heterocycles. The van der Waals surface area contributed by atoms with Crippen molar-refractivity contribution in [2.45, 2.75) is 51.1 Å². The molecular weight excluding hydrogens is 424 g/mol. The minimum Gasteiger partial charge on any atom is -0.368 e. The van der Waals surface area contributed by atoms with E-state index in [0.717, 1.165) is 24.8 Å². The van der Waals surface area contributed by atoms with Crippen molar-refractivity contribution in [3.63, 3.8) is 0 Å². The van der Waals surface area contributed by atoms with E-state index in [1.807, 2.05) is 59.4 Å². The molecule has 168 valence electrons. The molecule has 4 N–H and O–H groups in total. The quantitative estimate of drug-likeness (QED) is 0.434. The van der Waals surface area contributed by atoms with E-state index in [1.165, 1.54) is 19.3 Å². The van der Waals surface area contributed by atoms with Crippen molar-refractivity contribution in [1.29, 1.82) is 0 Å². The highest BCUT2D eigenvalue weighted by molar-refractivity contribution is 6.30. The number of carbonyl (C=O) groups is 1. The second-order valence-electron chi connectivity index (χ2n) is 8.35. The van der Waals surface area contributed by atoms with E-state index in [1.54, 1.807) is 0 Å². The smallest absolute Gasteiger partial charge is 0.239 e. The second kappa shape index (κ2) is 10.5. The molecule has 1 atom stereocenters. The molecule has 1 aromatic carbocycles. The van der Waals surface area contributed by atoms with Crippen LogP contribution in [0.5, 0.6) is 0 Å². The van der Waals surface area contributed by atoms with E-state index in [9.17, 15) is 4.79 Å². The summed E-state index contributed by atoms with van der Waals surface area (Å²) in [5.41, 5.74) is 6.77. The topological polar surface area (TPSA) is 97.9 Å². The zero-order valence-electron chi connectivity index (χ0n) is 18.0. The van der Waals surface area contributed by atoms with Crippen LogP contribution >= 0.6 is 11.6 Å². The molecule has 0 bridgehead atoms. The maximum Gasteiger partial charge on any atom is 0.239 e. The Hall–Kier alpha value is -3.06. The number of nitrogens with zero attached hydrogens (tertiary/aromatic N) is 3. The number of aromatic nitrogens is 3. The van der Waals surface area contributed by atoms with Gasteiger partial charge in [-0.15, -0.1) is 0 Å². The summed E-state index contributed by atoms with van der Waals surface area (Å²) in [5, 5.41) is 7.22. The van der Waals surface area contributed by atoms with Crippen molar-refractivity contribution in [1.82, 2.24) is 14.5 Å². The van der Waals surface area contributed by atoms with Crippen LogP contribution in [0.2, 0.25) is 5.02 Å². The van der Waals surface area contributed by atoms with Gasteiger partial charge < -0.3 is 20.9 Å².